The number of halogens is 2. The van der Waals surface area contributed by atoms with E-state index < -0.39 is 19.4 Å². The maximum atomic E-state index is 6.60. The Morgan fingerprint density at radius 3 is 2.48 bits per heavy atom. The summed E-state index contributed by atoms with van der Waals surface area (Å²) in [6, 6.07) is 13.3. The molecule has 0 saturated heterocycles. The Balaban J connectivity index is 2.19. The van der Waals surface area contributed by atoms with Crippen molar-refractivity contribution >= 4 is 23.1 Å². The third kappa shape index (κ3) is 3.85. The van der Waals surface area contributed by atoms with Crippen molar-refractivity contribution in [3.05, 3.63) is 64.2 Å². The van der Waals surface area contributed by atoms with E-state index in [-0.39, 0.29) is 0 Å². The van der Waals surface area contributed by atoms with Gasteiger partial charge in [-0.25, -0.2) is 0 Å². The van der Waals surface area contributed by atoms with Gasteiger partial charge in [-0.1, -0.05) is 0 Å². The Morgan fingerprint density at radius 1 is 1.04 bits per heavy atom. The van der Waals surface area contributed by atoms with Crippen LogP contribution in [0.1, 0.15) is 59.0 Å². The zero-order chi connectivity index (χ0) is 18.0. The molecule has 0 aliphatic heterocycles. The van der Waals surface area contributed by atoms with E-state index in [2.05, 4.69) is 63.2 Å². The van der Waals surface area contributed by atoms with Crippen LogP contribution in [-0.4, -0.2) is 0 Å². The predicted molar refractivity (Wildman–Crippen MR) is 108 cm³/mol. The molecule has 0 fully saturated rings. The average Bonchev–Trinajstić information content (AvgIpc) is 2.98. The van der Waals surface area contributed by atoms with Gasteiger partial charge in [0.15, 0.2) is 0 Å². The molecule has 0 aromatic heterocycles. The molecule has 0 saturated carbocycles. The topological polar surface area (TPSA) is 0 Å². The van der Waals surface area contributed by atoms with Gasteiger partial charge in [-0.3, -0.25) is 0 Å². The summed E-state index contributed by atoms with van der Waals surface area (Å²) in [5.41, 5.74) is 9.69. The van der Waals surface area contributed by atoms with E-state index in [9.17, 15) is 0 Å². The maximum absolute atomic E-state index is 6.60. The fraction of sp³-hybridized carbons (Fsp3) is 0.364. The fourth-order valence-corrected chi connectivity index (χ4v) is 9.40. The second-order valence-corrected chi connectivity index (χ2v) is 15.6. The summed E-state index contributed by atoms with van der Waals surface area (Å²) in [5.74, 6) is 0. The average molecular weight is 452 g/mol. The monoisotopic (exact) mass is 449 g/mol. The molecule has 3 heteroatoms. The zero-order valence-electron chi connectivity index (χ0n) is 15.2. The van der Waals surface area contributed by atoms with Gasteiger partial charge in [-0.2, -0.15) is 0 Å². The number of hydrogen-bond acceptors (Lipinski definition) is 0. The molecule has 1 aliphatic rings. The first kappa shape index (κ1) is 19.4. The SMILES string of the molecule is CCCCC1=Cc2c(ccc(C)c2-c2ccccc2CC)[CH]1[Zr]([Cl])[Cl]. The number of benzene rings is 2. The van der Waals surface area contributed by atoms with Crippen LogP contribution in [-0.2, 0) is 25.8 Å². The molecule has 2 aromatic rings. The van der Waals surface area contributed by atoms with Gasteiger partial charge < -0.3 is 0 Å². The molecule has 131 valence electrons. The van der Waals surface area contributed by atoms with E-state index in [0.29, 0.717) is 3.63 Å². The summed E-state index contributed by atoms with van der Waals surface area (Å²) in [6.45, 7) is 6.69. The minimum absolute atomic E-state index is 0.320. The minimum atomic E-state index is -2.43. The molecular formula is C22H25Cl2Zr. The van der Waals surface area contributed by atoms with Crippen molar-refractivity contribution in [2.75, 3.05) is 0 Å². The van der Waals surface area contributed by atoms with E-state index >= 15 is 0 Å². The Bertz CT molecular complexity index is 793. The summed E-state index contributed by atoms with van der Waals surface area (Å²) >= 11 is -2.43. The van der Waals surface area contributed by atoms with Gasteiger partial charge in [0.1, 0.15) is 0 Å². The van der Waals surface area contributed by atoms with Crippen LogP contribution in [0.5, 0.6) is 0 Å². The van der Waals surface area contributed by atoms with Gasteiger partial charge in [-0.05, 0) is 0 Å². The molecule has 0 bridgehead atoms. The van der Waals surface area contributed by atoms with Crippen molar-refractivity contribution < 1.29 is 19.4 Å². The van der Waals surface area contributed by atoms with Crippen LogP contribution in [0, 0.1) is 6.92 Å². The molecule has 0 spiro atoms. The Labute approximate surface area is 167 Å². The molecule has 0 amide bonds. The van der Waals surface area contributed by atoms with E-state index in [1.165, 1.54) is 51.8 Å². The summed E-state index contributed by atoms with van der Waals surface area (Å²) in [5, 5.41) is 0. The molecule has 25 heavy (non-hydrogen) atoms. The third-order valence-electron chi connectivity index (χ3n) is 5.20. The van der Waals surface area contributed by atoms with Gasteiger partial charge in [0.2, 0.25) is 0 Å². The van der Waals surface area contributed by atoms with Gasteiger partial charge >= 0.3 is 168 Å². The van der Waals surface area contributed by atoms with Crippen LogP contribution in [0.2, 0.25) is 0 Å². The molecule has 1 aliphatic carbocycles. The number of allylic oxidation sites excluding steroid dienone is 1. The first-order chi connectivity index (χ1) is 12.1. The van der Waals surface area contributed by atoms with Crippen molar-refractivity contribution in [3.63, 3.8) is 0 Å². The summed E-state index contributed by atoms with van der Waals surface area (Å²) in [4.78, 5) is 0. The number of aryl methyl sites for hydroxylation is 2. The molecule has 0 N–H and O–H groups in total. The quantitative estimate of drug-likeness (QED) is 0.421. The normalized spacial score (nSPS) is 15.9. The Kier molecular flexibility index (Phi) is 6.64. The van der Waals surface area contributed by atoms with Gasteiger partial charge in [-0.15, -0.1) is 0 Å². The van der Waals surface area contributed by atoms with Gasteiger partial charge in [0, 0.05) is 0 Å². The van der Waals surface area contributed by atoms with E-state index in [4.69, 9.17) is 17.0 Å². The summed E-state index contributed by atoms with van der Waals surface area (Å²) in [6.07, 6.45) is 6.98. The number of hydrogen-bond donors (Lipinski definition) is 0. The number of rotatable bonds is 6. The molecule has 0 radical (unpaired) electrons. The first-order valence-electron chi connectivity index (χ1n) is 9.18. The summed E-state index contributed by atoms with van der Waals surface area (Å²) < 4.78 is 0.320. The Hall–Kier alpha value is -0.357. The first-order valence-corrected chi connectivity index (χ1v) is 16.9. The van der Waals surface area contributed by atoms with Crippen LogP contribution in [0.4, 0.5) is 0 Å². The van der Waals surface area contributed by atoms with Crippen LogP contribution in [0.25, 0.3) is 17.2 Å². The molecular weight excluding hydrogens is 426 g/mol. The number of fused-ring (bicyclic) bond motifs is 1. The fourth-order valence-electron chi connectivity index (χ4n) is 3.91. The van der Waals surface area contributed by atoms with Crippen molar-refractivity contribution in [1.29, 1.82) is 0 Å². The zero-order valence-corrected chi connectivity index (χ0v) is 19.2. The summed E-state index contributed by atoms with van der Waals surface area (Å²) in [7, 11) is 13.2. The molecule has 2 aromatic carbocycles. The third-order valence-corrected chi connectivity index (χ3v) is 10.5. The number of unbranched alkanes of at least 4 members (excludes halogenated alkanes) is 1. The van der Waals surface area contributed by atoms with Crippen LogP contribution in [0.3, 0.4) is 0 Å². The van der Waals surface area contributed by atoms with Crippen LogP contribution in [0.15, 0.2) is 42.0 Å². The second kappa shape index (κ2) is 8.55. The van der Waals surface area contributed by atoms with Gasteiger partial charge in [0.25, 0.3) is 0 Å². The Morgan fingerprint density at radius 2 is 1.80 bits per heavy atom. The standard InChI is InChI=1S/C22H25.2ClH.Zr/c1-4-6-9-17-14-19-13-12-16(3)22(21(19)15-17)20-11-8-7-10-18(20)5-2;;;/h7-8,10-15H,4-6,9H2,1-3H3;2*1H;/q;;;+2/p-2. The van der Waals surface area contributed by atoms with E-state index in [1.807, 2.05) is 0 Å². The van der Waals surface area contributed by atoms with E-state index in [0.717, 1.165) is 12.8 Å². The molecule has 0 nitrogen and oxygen atoms in total. The predicted octanol–water partition coefficient (Wildman–Crippen LogP) is 7.78. The van der Waals surface area contributed by atoms with Crippen LogP contribution < -0.4 is 0 Å². The van der Waals surface area contributed by atoms with E-state index in [1.54, 1.807) is 0 Å². The second-order valence-electron chi connectivity index (χ2n) is 6.82. The van der Waals surface area contributed by atoms with Crippen molar-refractivity contribution in [3.8, 4) is 11.1 Å². The molecule has 0 heterocycles. The molecule has 1 atom stereocenters. The van der Waals surface area contributed by atoms with Crippen LogP contribution >= 0.6 is 17.0 Å². The van der Waals surface area contributed by atoms with Gasteiger partial charge in [0.05, 0.1) is 0 Å². The molecule has 3 rings (SSSR count). The van der Waals surface area contributed by atoms with Crippen molar-refractivity contribution in [2.45, 2.75) is 50.1 Å². The van der Waals surface area contributed by atoms with Crippen molar-refractivity contribution in [1.82, 2.24) is 0 Å². The van der Waals surface area contributed by atoms with Crippen molar-refractivity contribution in [2.24, 2.45) is 0 Å². The molecule has 1 unspecified atom stereocenters.